The van der Waals surface area contributed by atoms with Crippen LogP contribution in [0.15, 0.2) is 30.3 Å². The van der Waals surface area contributed by atoms with Crippen molar-refractivity contribution < 1.29 is 14.3 Å². The predicted molar refractivity (Wildman–Crippen MR) is 80.6 cm³/mol. The van der Waals surface area contributed by atoms with Crippen LogP contribution in [0.1, 0.15) is 28.7 Å². The van der Waals surface area contributed by atoms with Gasteiger partial charge in [0.25, 0.3) is 0 Å². The van der Waals surface area contributed by atoms with E-state index in [4.69, 9.17) is 15.2 Å². The third-order valence-electron chi connectivity index (χ3n) is 3.04. The Balaban J connectivity index is 2.42. The van der Waals surface area contributed by atoms with Gasteiger partial charge in [-0.05, 0) is 43.7 Å². The van der Waals surface area contributed by atoms with Gasteiger partial charge in [0.1, 0.15) is 17.1 Å². The van der Waals surface area contributed by atoms with Crippen molar-refractivity contribution in [3.63, 3.8) is 0 Å². The van der Waals surface area contributed by atoms with E-state index in [1.807, 2.05) is 26.0 Å². The van der Waals surface area contributed by atoms with E-state index in [0.717, 1.165) is 17.8 Å². The van der Waals surface area contributed by atoms with E-state index in [0.29, 0.717) is 22.7 Å². The van der Waals surface area contributed by atoms with Crippen LogP contribution in [0.5, 0.6) is 11.5 Å². The summed E-state index contributed by atoms with van der Waals surface area (Å²) < 4.78 is 10.6. The van der Waals surface area contributed by atoms with Crippen LogP contribution in [0.2, 0.25) is 0 Å². The number of methoxy groups -OCH3 is 1. The number of rotatable bonds is 4. The summed E-state index contributed by atoms with van der Waals surface area (Å²) in [6.07, 6.45) is 0.736. The number of pyridine rings is 1. The van der Waals surface area contributed by atoms with E-state index in [-0.39, 0.29) is 0 Å². The average Bonchev–Trinajstić information content (AvgIpc) is 2.49. The molecule has 110 valence electrons. The summed E-state index contributed by atoms with van der Waals surface area (Å²) in [5.74, 6) is 0.532. The minimum atomic E-state index is -0.490. The molecule has 1 aromatic heterocycles. The molecule has 1 aromatic carbocycles. The predicted octanol–water partition coefficient (Wildman–Crippen LogP) is 3.11. The lowest BCUT2D eigenvalue weighted by Gasteiger charge is -2.13. The molecule has 0 amide bonds. The van der Waals surface area contributed by atoms with Gasteiger partial charge in [0.15, 0.2) is 0 Å². The van der Waals surface area contributed by atoms with Crippen molar-refractivity contribution in [3.05, 3.63) is 47.3 Å². The number of hydrogen-bond donors (Lipinski definition) is 1. The molecule has 5 nitrogen and oxygen atoms in total. The summed E-state index contributed by atoms with van der Waals surface area (Å²) in [4.78, 5) is 16.2. The summed E-state index contributed by atoms with van der Waals surface area (Å²) in [7, 11) is 1.32. The lowest BCUT2D eigenvalue weighted by atomic mass is 10.1. The van der Waals surface area contributed by atoms with Crippen molar-refractivity contribution in [2.24, 2.45) is 0 Å². The van der Waals surface area contributed by atoms with Crippen LogP contribution in [0, 0.1) is 6.92 Å². The molecular weight excluding hydrogens is 268 g/mol. The van der Waals surface area contributed by atoms with Gasteiger partial charge in [-0.1, -0.05) is 6.92 Å². The van der Waals surface area contributed by atoms with Crippen molar-refractivity contribution in [1.29, 1.82) is 0 Å². The molecule has 0 bridgehead atoms. The molecule has 0 aliphatic rings. The summed E-state index contributed by atoms with van der Waals surface area (Å²) in [5.41, 5.74) is 8.23. The molecule has 0 aliphatic carbocycles. The second kappa shape index (κ2) is 6.26. The lowest BCUT2D eigenvalue weighted by Crippen LogP contribution is -2.05. The second-order valence-electron chi connectivity index (χ2n) is 4.60. The van der Waals surface area contributed by atoms with Gasteiger partial charge in [0.2, 0.25) is 0 Å². The highest BCUT2D eigenvalue weighted by atomic mass is 16.5. The van der Waals surface area contributed by atoms with E-state index in [1.165, 1.54) is 13.2 Å². The molecule has 0 unspecified atom stereocenters. The van der Waals surface area contributed by atoms with Gasteiger partial charge in [0, 0.05) is 11.4 Å². The zero-order valence-electron chi connectivity index (χ0n) is 12.3. The molecule has 0 fully saturated rings. The van der Waals surface area contributed by atoms with Crippen LogP contribution in [-0.2, 0) is 11.2 Å². The quantitative estimate of drug-likeness (QED) is 0.690. The maximum absolute atomic E-state index is 11.8. The van der Waals surface area contributed by atoms with Crippen molar-refractivity contribution in [2.45, 2.75) is 20.3 Å². The minimum Gasteiger partial charge on any atom is -0.465 e. The summed E-state index contributed by atoms with van der Waals surface area (Å²) in [6, 6.07) is 8.58. The fourth-order valence-electron chi connectivity index (χ4n) is 1.97. The molecule has 2 N–H and O–H groups in total. The Morgan fingerprint density at radius 1 is 1.24 bits per heavy atom. The van der Waals surface area contributed by atoms with E-state index in [1.54, 1.807) is 12.1 Å². The normalized spacial score (nSPS) is 10.2. The van der Waals surface area contributed by atoms with Gasteiger partial charge in [-0.15, -0.1) is 0 Å². The number of carbonyl (C=O) groups excluding carboxylic acids is 1. The number of esters is 1. The van der Waals surface area contributed by atoms with Crippen LogP contribution < -0.4 is 10.5 Å². The molecule has 2 rings (SSSR count). The largest absolute Gasteiger partial charge is 0.465 e. The Labute approximate surface area is 123 Å². The Kier molecular flexibility index (Phi) is 4.42. The number of hydrogen-bond acceptors (Lipinski definition) is 5. The number of aryl methyl sites for hydroxylation is 2. The summed E-state index contributed by atoms with van der Waals surface area (Å²) >= 11 is 0. The van der Waals surface area contributed by atoms with Crippen LogP contribution in [0.4, 0.5) is 5.69 Å². The van der Waals surface area contributed by atoms with Crippen LogP contribution in [0.25, 0.3) is 0 Å². The molecule has 0 aliphatic heterocycles. The SMILES string of the molecule is CCc1nc(C)ccc1Oc1ccc(N)cc1C(=O)OC. The molecule has 2 aromatic rings. The van der Waals surface area contributed by atoms with Crippen molar-refractivity contribution in [1.82, 2.24) is 4.98 Å². The molecule has 0 saturated heterocycles. The highest BCUT2D eigenvalue weighted by Crippen LogP contribution is 2.29. The minimum absolute atomic E-state index is 0.292. The number of aromatic nitrogens is 1. The van der Waals surface area contributed by atoms with Gasteiger partial charge < -0.3 is 15.2 Å². The zero-order chi connectivity index (χ0) is 15.4. The smallest absolute Gasteiger partial charge is 0.341 e. The lowest BCUT2D eigenvalue weighted by molar-refractivity contribution is 0.0598. The number of nitrogen functional groups attached to an aromatic ring is 1. The molecular formula is C16H18N2O3. The number of benzene rings is 1. The average molecular weight is 286 g/mol. The van der Waals surface area contributed by atoms with Gasteiger partial charge >= 0.3 is 5.97 Å². The Morgan fingerprint density at radius 3 is 2.62 bits per heavy atom. The fraction of sp³-hybridized carbons (Fsp3) is 0.250. The monoisotopic (exact) mass is 286 g/mol. The van der Waals surface area contributed by atoms with Gasteiger partial charge in [-0.25, -0.2) is 4.79 Å². The molecule has 21 heavy (non-hydrogen) atoms. The van der Waals surface area contributed by atoms with E-state index in [2.05, 4.69) is 4.98 Å². The maximum atomic E-state index is 11.8. The molecule has 5 heteroatoms. The first-order valence-electron chi connectivity index (χ1n) is 6.67. The Bertz CT molecular complexity index is 669. The van der Waals surface area contributed by atoms with Crippen LogP contribution >= 0.6 is 0 Å². The third-order valence-corrected chi connectivity index (χ3v) is 3.04. The van der Waals surface area contributed by atoms with Gasteiger partial charge in [-0.3, -0.25) is 4.98 Å². The van der Waals surface area contributed by atoms with E-state index >= 15 is 0 Å². The van der Waals surface area contributed by atoms with E-state index < -0.39 is 5.97 Å². The molecule has 1 heterocycles. The standard InChI is InChI=1S/C16H18N2O3/c1-4-13-15(7-5-10(2)18-13)21-14-8-6-11(17)9-12(14)16(19)20-3/h5-9H,4,17H2,1-3H3. The molecule has 0 atom stereocenters. The third kappa shape index (κ3) is 3.31. The first-order valence-corrected chi connectivity index (χ1v) is 6.67. The molecule has 0 saturated carbocycles. The van der Waals surface area contributed by atoms with Crippen molar-refractivity contribution in [3.8, 4) is 11.5 Å². The van der Waals surface area contributed by atoms with Crippen LogP contribution in [-0.4, -0.2) is 18.1 Å². The number of ether oxygens (including phenoxy) is 2. The molecule has 0 spiro atoms. The topological polar surface area (TPSA) is 74.4 Å². The highest BCUT2D eigenvalue weighted by molar-refractivity contribution is 5.93. The zero-order valence-corrected chi connectivity index (χ0v) is 12.3. The number of nitrogens with zero attached hydrogens (tertiary/aromatic N) is 1. The first-order chi connectivity index (χ1) is 10.0. The number of carbonyl (C=O) groups is 1. The highest BCUT2D eigenvalue weighted by Gasteiger charge is 2.15. The van der Waals surface area contributed by atoms with E-state index in [9.17, 15) is 4.79 Å². The Hall–Kier alpha value is -2.56. The summed E-state index contributed by atoms with van der Waals surface area (Å²) in [5, 5.41) is 0. The second-order valence-corrected chi connectivity index (χ2v) is 4.60. The maximum Gasteiger partial charge on any atom is 0.341 e. The van der Waals surface area contributed by atoms with Gasteiger partial charge in [-0.2, -0.15) is 0 Å². The summed E-state index contributed by atoms with van der Waals surface area (Å²) in [6.45, 7) is 3.92. The van der Waals surface area contributed by atoms with Crippen LogP contribution in [0.3, 0.4) is 0 Å². The number of nitrogens with two attached hydrogens (primary N) is 1. The Morgan fingerprint density at radius 2 is 1.95 bits per heavy atom. The first kappa shape index (κ1) is 14.8. The fourth-order valence-corrected chi connectivity index (χ4v) is 1.97. The number of anilines is 1. The van der Waals surface area contributed by atoms with Gasteiger partial charge in [0.05, 0.1) is 12.8 Å². The van der Waals surface area contributed by atoms with Crippen molar-refractivity contribution >= 4 is 11.7 Å². The molecule has 0 radical (unpaired) electrons. The van der Waals surface area contributed by atoms with Crippen molar-refractivity contribution in [2.75, 3.05) is 12.8 Å².